The van der Waals surface area contributed by atoms with E-state index in [2.05, 4.69) is 37.4 Å². The first-order valence-electron chi connectivity index (χ1n) is 7.57. The number of hydrogen-bond acceptors (Lipinski definition) is 3. The molecule has 0 saturated carbocycles. The van der Waals surface area contributed by atoms with Crippen LogP contribution >= 0.6 is 11.8 Å². The summed E-state index contributed by atoms with van der Waals surface area (Å²) in [5.41, 5.74) is 0.535. The lowest BCUT2D eigenvalue weighted by molar-refractivity contribution is 0.101. The summed E-state index contributed by atoms with van der Waals surface area (Å²) in [6.07, 6.45) is 8.95. The zero-order chi connectivity index (χ0) is 13.4. The Hall–Kier alpha value is 0.270. The largest absolute Gasteiger partial charge is 0.316 e. The predicted molar refractivity (Wildman–Crippen MR) is 84.5 cm³/mol. The molecule has 2 atom stereocenters. The van der Waals surface area contributed by atoms with Gasteiger partial charge in [0, 0.05) is 24.9 Å². The number of rotatable bonds is 8. The molecule has 1 N–H and O–H groups in total. The highest BCUT2D eigenvalue weighted by Crippen LogP contribution is 2.33. The van der Waals surface area contributed by atoms with Gasteiger partial charge in [-0.05, 0) is 50.9 Å². The zero-order valence-electron chi connectivity index (χ0n) is 12.8. The highest BCUT2D eigenvalue weighted by atomic mass is 32.2. The Bertz CT molecular complexity index is 209. The first kappa shape index (κ1) is 16.3. The highest BCUT2D eigenvalue weighted by molar-refractivity contribution is 7.98. The van der Waals surface area contributed by atoms with Crippen LogP contribution in [0, 0.1) is 5.41 Å². The predicted octanol–water partition coefficient (Wildman–Crippen LogP) is 3.23. The summed E-state index contributed by atoms with van der Waals surface area (Å²) in [5, 5.41) is 3.62. The van der Waals surface area contributed by atoms with Crippen molar-refractivity contribution in [3.05, 3.63) is 0 Å². The van der Waals surface area contributed by atoms with Crippen molar-refractivity contribution in [1.29, 1.82) is 0 Å². The number of nitrogens with one attached hydrogen (secondary N) is 1. The van der Waals surface area contributed by atoms with Crippen LogP contribution in [0.2, 0.25) is 0 Å². The quantitative estimate of drug-likeness (QED) is 0.730. The van der Waals surface area contributed by atoms with Gasteiger partial charge in [-0.2, -0.15) is 11.8 Å². The molecule has 1 fully saturated rings. The van der Waals surface area contributed by atoms with E-state index in [0.717, 1.165) is 6.04 Å². The molecule has 2 nitrogen and oxygen atoms in total. The summed E-state index contributed by atoms with van der Waals surface area (Å²) in [5.74, 6) is 1.27. The van der Waals surface area contributed by atoms with Gasteiger partial charge in [-0.25, -0.2) is 0 Å². The Kier molecular flexibility index (Phi) is 7.66. The molecule has 3 heteroatoms. The standard InChI is InChI=1S/C15H32N2S/c1-5-8-15(9-7-10-16-12-15)13-17(3)14(6-2)11-18-4/h14,16H,5-13H2,1-4H3. The second-order valence-electron chi connectivity index (χ2n) is 5.96. The van der Waals surface area contributed by atoms with Crippen LogP contribution in [0.3, 0.4) is 0 Å². The molecular formula is C15H32N2S. The Morgan fingerprint density at radius 1 is 1.39 bits per heavy atom. The van der Waals surface area contributed by atoms with Crippen LogP contribution in [-0.4, -0.2) is 49.6 Å². The molecule has 1 aliphatic rings. The van der Waals surface area contributed by atoms with Crippen LogP contribution in [0.1, 0.15) is 46.0 Å². The summed E-state index contributed by atoms with van der Waals surface area (Å²) in [4.78, 5) is 2.62. The Labute approximate surface area is 118 Å². The third-order valence-corrected chi connectivity index (χ3v) is 5.10. The number of nitrogens with zero attached hydrogens (tertiary/aromatic N) is 1. The molecule has 1 heterocycles. The van der Waals surface area contributed by atoms with Crippen LogP contribution in [0.25, 0.3) is 0 Å². The SMILES string of the molecule is CCCC1(CN(C)C(CC)CSC)CCCNC1. The second kappa shape index (κ2) is 8.44. The summed E-state index contributed by atoms with van der Waals surface area (Å²) >= 11 is 1.98. The van der Waals surface area contributed by atoms with Crippen molar-refractivity contribution in [2.75, 3.05) is 38.7 Å². The van der Waals surface area contributed by atoms with Gasteiger partial charge in [-0.15, -0.1) is 0 Å². The minimum atomic E-state index is 0.535. The maximum absolute atomic E-state index is 3.62. The van der Waals surface area contributed by atoms with E-state index >= 15 is 0 Å². The maximum Gasteiger partial charge on any atom is 0.0180 e. The average molecular weight is 273 g/mol. The summed E-state index contributed by atoms with van der Waals surface area (Å²) in [7, 11) is 2.33. The third kappa shape index (κ3) is 4.75. The van der Waals surface area contributed by atoms with Gasteiger partial charge in [0.1, 0.15) is 0 Å². The Morgan fingerprint density at radius 2 is 2.17 bits per heavy atom. The molecule has 18 heavy (non-hydrogen) atoms. The maximum atomic E-state index is 3.62. The zero-order valence-corrected chi connectivity index (χ0v) is 13.6. The van der Waals surface area contributed by atoms with Gasteiger partial charge in [0.15, 0.2) is 0 Å². The first-order valence-corrected chi connectivity index (χ1v) is 8.96. The fourth-order valence-electron chi connectivity index (χ4n) is 3.40. The molecule has 0 aromatic rings. The molecule has 0 bridgehead atoms. The highest BCUT2D eigenvalue weighted by Gasteiger charge is 2.33. The van der Waals surface area contributed by atoms with Gasteiger partial charge in [0.05, 0.1) is 0 Å². The lowest BCUT2D eigenvalue weighted by atomic mass is 9.76. The van der Waals surface area contributed by atoms with E-state index in [1.165, 1.54) is 57.5 Å². The number of thioether (sulfide) groups is 1. The van der Waals surface area contributed by atoms with Crippen molar-refractivity contribution in [2.24, 2.45) is 5.41 Å². The van der Waals surface area contributed by atoms with Crippen molar-refractivity contribution in [2.45, 2.75) is 52.0 Å². The normalized spacial score (nSPS) is 26.5. The molecule has 1 aliphatic heterocycles. The molecule has 108 valence electrons. The summed E-state index contributed by atoms with van der Waals surface area (Å²) < 4.78 is 0. The Balaban J connectivity index is 2.58. The van der Waals surface area contributed by atoms with Gasteiger partial charge in [-0.1, -0.05) is 20.3 Å². The fourth-order valence-corrected chi connectivity index (χ4v) is 4.27. The van der Waals surface area contributed by atoms with Gasteiger partial charge >= 0.3 is 0 Å². The van der Waals surface area contributed by atoms with Gasteiger partial charge in [0.2, 0.25) is 0 Å². The van der Waals surface area contributed by atoms with E-state index in [-0.39, 0.29) is 0 Å². The van der Waals surface area contributed by atoms with Crippen LogP contribution < -0.4 is 5.32 Å². The first-order chi connectivity index (χ1) is 8.67. The van der Waals surface area contributed by atoms with E-state index in [1.807, 2.05) is 11.8 Å². The molecule has 2 unspecified atom stereocenters. The summed E-state index contributed by atoms with van der Waals surface area (Å²) in [6, 6.07) is 0.746. The molecule has 0 aromatic carbocycles. The van der Waals surface area contributed by atoms with E-state index in [1.54, 1.807) is 0 Å². The molecular weight excluding hydrogens is 240 g/mol. The minimum Gasteiger partial charge on any atom is -0.316 e. The van der Waals surface area contributed by atoms with Crippen molar-refractivity contribution in [3.8, 4) is 0 Å². The second-order valence-corrected chi connectivity index (χ2v) is 6.87. The van der Waals surface area contributed by atoms with E-state index < -0.39 is 0 Å². The van der Waals surface area contributed by atoms with Crippen LogP contribution in [0.4, 0.5) is 0 Å². The van der Waals surface area contributed by atoms with Crippen molar-refractivity contribution >= 4 is 11.8 Å². The van der Waals surface area contributed by atoms with E-state index in [9.17, 15) is 0 Å². The molecule has 0 aromatic heterocycles. The molecule has 0 aliphatic carbocycles. The van der Waals surface area contributed by atoms with E-state index in [4.69, 9.17) is 0 Å². The van der Waals surface area contributed by atoms with Gasteiger partial charge in [0.25, 0.3) is 0 Å². The molecule has 1 rings (SSSR count). The van der Waals surface area contributed by atoms with Gasteiger partial charge < -0.3 is 10.2 Å². The Morgan fingerprint density at radius 3 is 2.67 bits per heavy atom. The van der Waals surface area contributed by atoms with Crippen LogP contribution in [0.5, 0.6) is 0 Å². The smallest absolute Gasteiger partial charge is 0.0180 e. The molecule has 0 amide bonds. The van der Waals surface area contributed by atoms with E-state index in [0.29, 0.717) is 5.41 Å². The van der Waals surface area contributed by atoms with Crippen molar-refractivity contribution < 1.29 is 0 Å². The number of hydrogen-bond donors (Lipinski definition) is 1. The lowest BCUT2D eigenvalue weighted by Gasteiger charge is -2.42. The van der Waals surface area contributed by atoms with Crippen LogP contribution in [0.15, 0.2) is 0 Å². The topological polar surface area (TPSA) is 15.3 Å². The lowest BCUT2D eigenvalue weighted by Crippen LogP contribution is -2.49. The molecule has 1 saturated heterocycles. The summed E-state index contributed by atoms with van der Waals surface area (Å²) in [6.45, 7) is 8.36. The number of piperidine rings is 1. The minimum absolute atomic E-state index is 0.535. The fraction of sp³-hybridized carbons (Fsp3) is 1.00. The molecule has 0 spiro atoms. The van der Waals surface area contributed by atoms with Gasteiger partial charge in [-0.3, -0.25) is 0 Å². The molecule has 0 radical (unpaired) electrons. The average Bonchev–Trinajstić information content (AvgIpc) is 2.37. The van der Waals surface area contributed by atoms with Crippen molar-refractivity contribution in [1.82, 2.24) is 10.2 Å². The van der Waals surface area contributed by atoms with Crippen LogP contribution in [-0.2, 0) is 0 Å². The monoisotopic (exact) mass is 272 g/mol. The van der Waals surface area contributed by atoms with Crippen molar-refractivity contribution in [3.63, 3.8) is 0 Å². The third-order valence-electron chi connectivity index (χ3n) is 4.38.